The molecule has 150 valence electrons. The van der Waals surface area contributed by atoms with Crippen molar-refractivity contribution < 1.29 is 24.5 Å². The van der Waals surface area contributed by atoms with Crippen LogP contribution in [0.2, 0.25) is 0 Å². The number of carboxylic acids is 1. The molecule has 3 aromatic rings. The number of aromatic hydroxyl groups is 1. The monoisotopic (exact) mass is 438 g/mol. The summed E-state index contributed by atoms with van der Waals surface area (Å²) in [5, 5.41) is 21.2. The van der Waals surface area contributed by atoms with Gasteiger partial charge in [-0.25, -0.2) is 9.79 Å². The second kappa shape index (κ2) is 7.69. The summed E-state index contributed by atoms with van der Waals surface area (Å²) < 4.78 is 6.83. The normalized spacial score (nSPS) is 14.0. The first-order valence-electron chi connectivity index (χ1n) is 8.66. The number of thiazole rings is 1. The number of nitrogens with zero attached hydrogens (tertiary/aromatic N) is 2. The van der Waals surface area contributed by atoms with E-state index in [1.54, 1.807) is 36.4 Å². The molecule has 0 spiro atoms. The molecule has 4 rings (SSSR count). The highest BCUT2D eigenvalue weighted by Crippen LogP contribution is 2.32. The lowest BCUT2D eigenvalue weighted by Gasteiger charge is -2.06. The second-order valence-corrected chi connectivity index (χ2v) is 8.01. The van der Waals surface area contributed by atoms with E-state index in [0.717, 1.165) is 16.6 Å². The fourth-order valence-electron chi connectivity index (χ4n) is 3.00. The van der Waals surface area contributed by atoms with Crippen molar-refractivity contribution in [2.45, 2.75) is 0 Å². The van der Waals surface area contributed by atoms with Gasteiger partial charge in [-0.05, 0) is 54.7 Å². The molecule has 0 aliphatic carbocycles. The zero-order valence-corrected chi connectivity index (χ0v) is 17.2. The number of benzene rings is 2. The third kappa shape index (κ3) is 3.56. The van der Waals surface area contributed by atoms with E-state index in [-0.39, 0.29) is 11.4 Å². The van der Waals surface area contributed by atoms with E-state index in [1.807, 2.05) is 0 Å². The maximum Gasteiger partial charge on any atom is 0.335 e. The third-order valence-electron chi connectivity index (χ3n) is 4.47. The molecule has 1 aliphatic heterocycles. The van der Waals surface area contributed by atoms with Gasteiger partial charge < -0.3 is 14.9 Å². The van der Waals surface area contributed by atoms with Crippen LogP contribution in [0.5, 0.6) is 11.6 Å². The molecule has 0 bridgehead atoms. The van der Waals surface area contributed by atoms with Crippen LogP contribution >= 0.6 is 23.6 Å². The molecule has 0 radical (unpaired) electrons. The van der Waals surface area contributed by atoms with Gasteiger partial charge in [-0.1, -0.05) is 6.07 Å². The number of carbonyl (C=O) groups excluding carboxylic acids is 1. The lowest BCUT2D eigenvalue weighted by atomic mass is 10.1. The number of hydrogen-bond donors (Lipinski definition) is 2. The molecule has 0 saturated carbocycles. The van der Waals surface area contributed by atoms with E-state index in [4.69, 9.17) is 17.0 Å². The van der Waals surface area contributed by atoms with Crippen LogP contribution < -0.4 is 15.3 Å². The maximum atomic E-state index is 12.5. The first kappa shape index (κ1) is 19.7. The number of aromatic carboxylic acids is 1. The summed E-state index contributed by atoms with van der Waals surface area (Å²) >= 11 is 6.45. The van der Waals surface area contributed by atoms with Crippen molar-refractivity contribution in [3.63, 3.8) is 0 Å². The van der Waals surface area contributed by atoms with Crippen LogP contribution in [0.3, 0.4) is 0 Å². The van der Waals surface area contributed by atoms with E-state index < -0.39 is 11.9 Å². The van der Waals surface area contributed by atoms with Crippen LogP contribution in [-0.2, 0) is 4.79 Å². The third-order valence-corrected chi connectivity index (χ3v) is 5.78. The standard InChI is InChI=1S/C21H14N2O5S2/c1-28-15-6-5-11-7-13(18(24)22-16(11)10-15)9-17-19(25)23(21(29)30-17)14-4-2-3-12(8-14)20(26)27/h2-10,25H,1H3,(H,26,27)/b13-9-. The minimum atomic E-state index is -1.08. The molecular formula is C21H14N2O5S2. The Bertz CT molecular complexity index is 1420. The fraction of sp³-hybridized carbons (Fsp3) is 0.0476. The SMILES string of the molecule is COc1ccc2c(c1)=NC(=O)/C(=C\c1sc(=S)n(-c3cccc(C(=O)O)c3)c1O)C=2. The minimum Gasteiger partial charge on any atom is -0.497 e. The maximum absolute atomic E-state index is 12.5. The average molecular weight is 438 g/mol. The van der Waals surface area contributed by atoms with Gasteiger partial charge in [0.1, 0.15) is 5.75 Å². The predicted octanol–water partition coefficient (Wildman–Crippen LogP) is 2.70. The van der Waals surface area contributed by atoms with Crippen molar-refractivity contribution in [1.82, 2.24) is 4.57 Å². The summed E-state index contributed by atoms with van der Waals surface area (Å²) in [6, 6.07) is 11.3. The van der Waals surface area contributed by atoms with Crippen LogP contribution in [0.15, 0.2) is 53.0 Å². The largest absolute Gasteiger partial charge is 0.497 e. The van der Waals surface area contributed by atoms with Crippen LogP contribution in [0.25, 0.3) is 17.8 Å². The zero-order valence-electron chi connectivity index (χ0n) is 15.5. The smallest absolute Gasteiger partial charge is 0.335 e. The molecule has 0 saturated heterocycles. The first-order valence-corrected chi connectivity index (χ1v) is 9.89. The van der Waals surface area contributed by atoms with Crippen LogP contribution in [-0.4, -0.2) is 33.8 Å². The van der Waals surface area contributed by atoms with Crippen molar-refractivity contribution in [1.29, 1.82) is 0 Å². The minimum absolute atomic E-state index is 0.0709. The number of aromatic nitrogens is 1. The summed E-state index contributed by atoms with van der Waals surface area (Å²) in [5.74, 6) is -1.11. The summed E-state index contributed by atoms with van der Waals surface area (Å²) in [6.07, 6.45) is 3.20. The van der Waals surface area contributed by atoms with Crippen molar-refractivity contribution >= 4 is 47.6 Å². The molecule has 1 aromatic heterocycles. The number of ether oxygens (including phenoxy) is 1. The first-order chi connectivity index (χ1) is 14.4. The van der Waals surface area contributed by atoms with Crippen LogP contribution in [0.4, 0.5) is 0 Å². The van der Waals surface area contributed by atoms with Gasteiger partial charge >= 0.3 is 5.97 Å². The van der Waals surface area contributed by atoms with E-state index in [1.165, 1.54) is 29.9 Å². The quantitative estimate of drug-likeness (QED) is 0.480. The number of rotatable bonds is 4. The summed E-state index contributed by atoms with van der Waals surface area (Å²) in [7, 11) is 1.54. The molecule has 0 unspecified atom stereocenters. The van der Waals surface area contributed by atoms with E-state index in [0.29, 0.717) is 31.2 Å². The molecule has 2 heterocycles. The van der Waals surface area contributed by atoms with Gasteiger partial charge in [0.2, 0.25) is 5.88 Å². The molecule has 9 heteroatoms. The molecule has 1 aliphatic rings. The van der Waals surface area contributed by atoms with Gasteiger partial charge in [0.25, 0.3) is 5.91 Å². The highest BCUT2D eigenvalue weighted by atomic mass is 32.1. The van der Waals surface area contributed by atoms with Gasteiger partial charge in [-0.3, -0.25) is 9.36 Å². The molecule has 1 amide bonds. The number of methoxy groups -OCH3 is 1. The van der Waals surface area contributed by atoms with Crippen LogP contribution in [0.1, 0.15) is 15.2 Å². The number of fused-ring (bicyclic) bond motifs is 1. The topological polar surface area (TPSA) is 101 Å². The Morgan fingerprint density at radius 3 is 2.80 bits per heavy atom. The van der Waals surface area contributed by atoms with E-state index in [9.17, 15) is 19.8 Å². The Kier molecular flexibility index (Phi) is 5.06. The Morgan fingerprint density at radius 2 is 2.07 bits per heavy atom. The Hall–Kier alpha value is -3.56. The van der Waals surface area contributed by atoms with Gasteiger partial charge in [0, 0.05) is 16.9 Å². The Morgan fingerprint density at radius 1 is 1.27 bits per heavy atom. The van der Waals surface area contributed by atoms with Crippen molar-refractivity contribution in [2.75, 3.05) is 7.11 Å². The molecule has 2 N–H and O–H groups in total. The van der Waals surface area contributed by atoms with E-state index >= 15 is 0 Å². The van der Waals surface area contributed by atoms with Crippen molar-refractivity contribution in [2.24, 2.45) is 4.99 Å². The van der Waals surface area contributed by atoms with Gasteiger partial charge in [0.15, 0.2) is 3.95 Å². The van der Waals surface area contributed by atoms with Crippen molar-refractivity contribution in [3.8, 4) is 17.3 Å². The highest BCUT2D eigenvalue weighted by molar-refractivity contribution is 7.73. The average Bonchev–Trinajstić information content (AvgIpc) is 3.01. The molecule has 7 nitrogen and oxygen atoms in total. The number of hydrogen-bond acceptors (Lipinski definition) is 6. The lowest BCUT2D eigenvalue weighted by Crippen LogP contribution is -2.30. The number of carbonyl (C=O) groups is 2. The second-order valence-electron chi connectivity index (χ2n) is 6.33. The molecule has 0 atom stereocenters. The molecule has 0 fully saturated rings. The van der Waals surface area contributed by atoms with Gasteiger partial charge in [0.05, 0.1) is 28.6 Å². The highest BCUT2D eigenvalue weighted by Gasteiger charge is 2.17. The van der Waals surface area contributed by atoms with Crippen molar-refractivity contribution in [3.05, 3.63) is 73.0 Å². The number of carboxylic acid groups (broad SMARTS) is 1. The predicted molar refractivity (Wildman–Crippen MR) is 114 cm³/mol. The lowest BCUT2D eigenvalue weighted by molar-refractivity contribution is -0.114. The molecule has 30 heavy (non-hydrogen) atoms. The molecule has 2 aromatic carbocycles. The van der Waals surface area contributed by atoms with E-state index in [2.05, 4.69) is 4.99 Å². The van der Waals surface area contributed by atoms with Crippen LogP contribution in [0, 0.1) is 3.95 Å². The Balaban J connectivity index is 1.80. The van der Waals surface area contributed by atoms with Gasteiger partial charge in [-0.15, -0.1) is 11.3 Å². The number of amides is 1. The summed E-state index contributed by atoms with van der Waals surface area (Å²) in [4.78, 5) is 28.2. The van der Waals surface area contributed by atoms with Gasteiger partial charge in [-0.2, -0.15) is 0 Å². The zero-order chi connectivity index (χ0) is 21.4. The summed E-state index contributed by atoms with van der Waals surface area (Å²) in [5.41, 5.74) is 0.784. The Labute approximate surface area is 179 Å². The summed E-state index contributed by atoms with van der Waals surface area (Å²) in [6.45, 7) is 0. The fourth-order valence-corrected chi connectivity index (χ4v) is 4.30. The molecular weight excluding hydrogens is 424 g/mol.